The van der Waals surface area contributed by atoms with Crippen molar-refractivity contribution in [3.63, 3.8) is 0 Å². The Morgan fingerprint density at radius 1 is 1.32 bits per heavy atom. The van der Waals surface area contributed by atoms with Gasteiger partial charge < -0.3 is 0 Å². The van der Waals surface area contributed by atoms with Crippen LogP contribution in [-0.4, -0.2) is 27.2 Å². The van der Waals surface area contributed by atoms with Gasteiger partial charge in [-0.25, -0.2) is 0 Å². The molecule has 0 amide bonds. The van der Waals surface area contributed by atoms with E-state index >= 15 is 0 Å². The third kappa shape index (κ3) is 7.10. The minimum absolute atomic E-state index is 0.155. The number of carbonyl (C=O) groups is 1. The molecule has 0 aromatic carbocycles. The molecule has 0 aromatic rings. The van der Waals surface area contributed by atoms with Crippen molar-refractivity contribution in [2.75, 3.05) is 17.4 Å². The Morgan fingerprint density at radius 3 is 2.68 bits per heavy atom. The van der Waals surface area contributed by atoms with Crippen LogP contribution in [-0.2, 0) is 4.79 Å². The maximum atomic E-state index is 12.1. The lowest BCUT2D eigenvalue weighted by atomic mass is 10.1. The molecule has 0 radical (unpaired) electrons. The third-order valence-electron chi connectivity index (χ3n) is 3.18. The van der Waals surface area contributed by atoms with Crippen LogP contribution in [0.25, 0.3) is 0 Å². The average Bonchev–Trinajstić information content (AvgIpc) is 2.42. The predicted molar refractivity (Wildman–Crippen MR) is 90.5 cm³/mol. The van der Waals surface area contributed by atoms with Gasteiger partial charge in [0.1, 0.15) is 0 Å². The van der Waals surface area contributed by atoms with Gasteiger partial charge in [-0.15, -0.1) is 35.1 Å². The number of unbranched alkanes of at least 4 members (excludes halogenated alkanes) is 2. The number of alkyl halides is 1. The van der Waals surface area contributed by atoms with Crippen LogP contribution < -0.4 is 0 Å². The van der Waals surface area contributed by atoms with Crippen molar-refractivity contribution in [2.45, 2.75) is 55.9 Å². The van der Waals surface area contributed by atoms with Crippen LogP contribution in [0.2, 0.25) is 0 Å². The van der Waals surface area contributed by atoms with Gasteiger partial charge in [-0.3, -0.25) is 4.79 Å². The molecular weight excluding hydrogens is 296 g/mol. The molecule has 1 aliphatic heterocycles. The molecule has 1 fully saturated rings. The van der Waals surface area contributed by atoms with Crippen LogP contribution in [0.5, 0.6) is 0 Å². The van der Waals surface area contributed by atoms with Crippen LogP contribution >= 0.6 is 35.1 Å². The zero-order valence-corrected chi connectivity index (χ0v) is 14.2. The number of allylic oxidation sites excluding steroid dienone is 2. The molecule has 1 heterocycles. The molecule has 0 aliphatic carbocycles. The zero-order valence-electron chi connectivity index (χ0n) is 11.8. The summed E-state index contributed by atoms with van der Waals surface area (Å²) in [7, 11) is 0. The SMILES string of the molecule is CCCCC1(CC(=O)/C=C/CCCCl)SCCCS1. The molecule has 1 rings (SSSR count). The standard InChI is InChI=1S/C15H25ClOS2/c1-2-3-9-15(18-11-7-12-19-15)13-14(17)8-5-4-6-10-16/h5,8H,2-4,6-7,9-13H2,1H3/b8-5+. The molecule has 0 atom stereocenters. The van der Waals surface area contributed by atoms with E-state index in [-0.39, 0.29) is 9.86 Å². The van der Waals surface area contributed by atoms with E-state index in [2.05, 4.69) is 6.92 Å². The van der Waals surface area contributed by atoms with Crippen LogP contribution in [0.3, 0.4) is 0 Å². The summed E-state index contributed by atoms with van der Waals surface area (Å²) >= 11 is 9.65. The van der Waals surface area contributed by atoms with Crippen molar-refractivity contribution in [2.24, 2.45) is 0 Å². The summed E-state index contributed by atoms with van der Waals surface area (Å²) in [4.78, 5) is 12.1. The van der Waals surface area contributed by atoms with E-state index in [0.29, 0.717) is 12.3 Å². The van der Waals surface area contributed by atoms with E-state index in [1.54, 1.807) is 6.08 Å². The second-order valence-corrected chi connectivity index (χ2v) is 8.53. The maximum Gasteiger partial charge on any atom is 0.157 e. The topological polar surface area (TPSA) is 17.1 Å². The summed E-state index contributed by atoms with van der Waals surface area (Å²) in [5.41, 5.74) is 0. The molecule has 0 bridgehead atoms. The number of carbonyl (C=O) groups excluding carboxylic acids is 1. The molecule has 1 nitrogen and oxygen atoms in total. The fourth-order valence-electron chi connectivity index (χ4n) is 2.13. The Balaban J connectivity index is 2.46. The van der Waals surface area contributed by atoms with E-state index in [0.717, 1.165) is 12.8 Å². The van der Waals surface area contributed by atoms with Crippen molar-refractivity contribution >= 4 is 40.9 Å². The summed E-state index contributed by atoms with van der Waals surface area (Å²) in [5, 5.41) is 0. The molecule has 0 spiro atoms. The minimum atomic E-state index is 0.155. The van der Waals surface area contributed by atoms with Gasteiger partial charge in [0.05, 0.1) is 4.08 Å². The Kier molecular flexibility index (Phi) is 9.34. The maximum absolute atomic E-state index is 12.1. The molecule has 1 saturated heterocycles. The summed E-state index contributed by atoms with van der Waals surface area (Å²) < 4.78 is 0.155. The zero-order chi connectivity index (χ0) is 14.0. The van der Waals surface area contributed by atoms with Crippen LogP contribution in [0.4, 0.5) is 0 Å². The molecule has 0 saturated carbocycles. The minimum Gasteiger partial charge on any atom is -0.295 e. The largest absolute Gasteiger partial charge is 0.295 e. The lowest BCUT2D eigenvalue weighted by Gasteiger charge is -2.35. The second kappa shape index (κ2) is 10.2. The number of thioether (sulfide) groups is 2. The summed E-state index contributed by atoms with van der Waals surface area (Å²) in [6.07, 6.45) is 11.2. The smallest absolute Gasteiger partial charge is 0.157 e. The van der Waals surface area contributed by atoms with Crippen LogP contribution in [0.1, 0.15) is 51.9 Å². The van der Waals surface area contributed by atoms with Crippen molar-refractivity contribution in [1.29, 1.82) is 0 Å². The third-order valence-corrected chi connectivity index (χ3v) is 6.89. The van der Waals surface area contributed by atoms with E-state index in [4.69, 9.17) is 11.6 Å². The Hall–Kier alpha value is 0.400. The highest BCUT2D eigenvalue weighted by Gasteiger charge is 2.34. The fraction of sp³-hybridized carbons (Fsp3) is 0.800. The second-order valence-electron chi connectivity index (χ2n) is 4.94. The average molecular weight is 321 g/mol. The van der Waals surface area contributed by atoms with Gasteiger partial charge >= 0.3 is 0 Å². The van der Waals surface area contributed by atoms with Gasteiger partial charge in [0.15, 0.2) is 5.78 Å². The van der Waals surface area contributed by atoms with Crippen molar-refractivity contribution in [1.82, 2.24) is 0 Å². The van der Waals surface area contributed by atoms with Gasteiger partial charge in [-0.1, -0.05) is 25.8 Å². The highest BCUT2D eigenvalue weighted by Crippen LogP contribution is 2.48. The number of halogens is 1. The Morgan fingerprint density at radius 2 is 2.05 bits per heavy atom. The number of ketones is 1. The van der Waals surface area contributed by atoms with Crippen LogP contribution in [0, 0.1) is 0 Å². The van der Waals surface area contributed by atoms with Crippen molar-refractivity contribution in [3.8, 4) is 0 Å². The summed E-state index contributed by atoms with van der Waals surface area (Å²) in [6, 6.07) is 0. The molecule has 0 N–H and O–H groups in total. The van der Waals surface area contributed by atoms with Gasteiger partial charge in [-0.2, -0.15) is 0 Å². The fourth-order valence-corrected chi connectivity index (χ4v) is 5.69. The van der Waals surface area contributed by atoms with Gasteiger partial charge in [-0.05, 0) is 43.3 Å². The molecule has 0 aromatic heterocycles. The monoisotopic (exact) mass is 320 g/mol. The lowest BCUT2D eigenvalue weighted by molar-refractivity contribution is -0.114. The van der Waals surface area contributed by atoms with Crippen LogP contribution in [0.15, 0.2) is 12.2 Å². The highest BCUT2D eigenvalue weighted by molar-refractivity contribution is 8.18. The molecule has 0 unspecified atom stereocenters. The normalized spacial score (nSPS) is 18.8. The molecular formula is C15H25ClOS2. The first-order chi connectivity index (χ1) is 9.22. The van der Waals surface area contributed by atoms with Crippen molar-refractivity contribution in [3.05, 3.63) is 12.2 Å². The van der Waals surface area contributed by atoms with E-state index in [1.165, 1.54) is 37.2 Å². The number of hydrogen-bond acceptors (Lipinski definition) is 3. The van der Waals surface area contributed by atoms with E-state index in [9.17, 15) is 4.79 Å². The Bertz CT molecular complexity index is 286. The summed E-state index contributed by atoms with van der Waals surface area (Å²) in [5.74, 6) is 3.37. The first-order valence-corrected chi connectivity index (χ1v) is 9.76. The van der Waals surface area contributed by atoms with E-state index in [1.807, 2.05) is 29.6 Å². The van der Waals surface area contributed by atoms with E-state index < -0.39 is 0 Å². The van der Waals surface area contributed by atoms with Gasteiger partial charge in [0.2, 0.25) is 0 Å². The van der Waals surface area contributed by atoms with Gasteiger partial charge in [0.25, 0.3) is 0 Å². The number of hydrogen-bond donors (Lipinski definition) is 0. The molecule has 110 valence electrons. The van der Waals surface area contributed by atoms with Gasteiger partial charge in [0, 0.05) is 12.3 Å². The molecule has 1 aliphatic rings. The molecule has 4 heteroatoms. The number of rotatable bonds is 9. The molecule has 19 heavy (non-hydrogen) atoms. The quantitative estimate of drug-likeness (QED) is 0.327. The Labute approximate surface area is 131 Å². The predicted octanol–water partition coefficient (Wildman–Crippen LogP) is 5.28. The first kappa shape index (κ1) is 17.5. The highest BCUT2D eigenvalue weighted by atomic mass is 35.5. The van der Waals surface area contributed by atoms with Crippen molar-refractivity contribution < 1.29 is 4.79 Å². The first-order valence-electron chi connectivity index (χ1n) is 7.26. The lowest BCUT2D eigenvalue weighted by Crippen LogP contribution is -2.28. The summed E-state index contributed by atoms with van der Waals surface area (Å²) in [6.45, 7) is 2.22.